The first-order chi connectivity index (χ1) is 9.95. The van der Waals surface area contributed by atoms with Gasteiger partial charge in [0.15, 0.2) is 5.11 Å². The van der Waals surface area contributed by atoms with Crippen molar-refractivity contribution >= 4 is 23.0 Å². The lowest BCUT2D eigenvalue weighted by Crippen LogP contribution is -2.30. The van der Waals surface area contributed by atoms with Crippen molar-refractivity contribution in [2.45, 2.75) is 13.5 Å². The smallest absolute Gasteiger partial charge is 0.173 e. The Morgan fingerprint density at radius 1 is 1.19 bits per heavy atom. The summed E-state index contributed by atoms with van der Waals surface area (Å²) in [7, 11) is 1.80. The maximum absolute atomic E-state index is 13.5. The standard InChI is InChI=1S/C16H16F2N2S/c1-11-6-7-14(9-15(11)18)19-16(21)20(2)10-12-4-3-5-13(17)8-12/h3-9H,10H2,1-2H3,(H,19,21). The number of rotatable bonds is 3. The fourth-order valence-electron chi connectivity index (χ4n) is 1.87. The fraction of sp³-hybridized carbons (Fsp3) is 0.188. The lowest BCUT2D eigenvalue weighted by molar-refractivity contribution is 0.505. The van der Waals surface area contributed by atoms with E-state index >= 15 is 0 Å². The summed E-state index contributed by atoms with van der Waals surface area (Å²) in [5.41, 5.74) is 1.99. The molecule has 0 aliphatic carbocycles. The average Bonchev–Trinajstić information content (AvgIpc) is 2.43. The van der Waals surface area contributed by atoms with Crippen LogP contribution < -0.4 is 5.32 Å². The minimum atomic E-state index is -0.282. The van der Waals surface area contributed by atoms with Gasteiger partial charge < -0.3 is 10.2 Å². The molecule has 1 N–H and O–H groups in total. The zero-order valence-electron chi connectivity index (χ0n) is 11.9. The minimum absolute atomic E-state index is 0.277. The molecule has 0 saturated heterocycles. The third-order valence-electron chi connectivity index (χ3n) is 3.08. The normalized spacial score (nSPS) is 10.3. The Morgan fingerprint density at radius 3 is 2.62 bits per heavy atom. The summed E-state index contributed by atoms with van der Waals surface area (Å²) in [4.78, 5) is 1.77. The summed E-state index contributed by atoms with van der Waals surface area (Å²) in [5.74, 6) is -0.559. The van der Waals surface area contributed by atoms with E-state index in [-0.39, 0.29) is 11.6 Å². The van der Waals surface area contributed by atoms with Gasteiger partial charge in [0, 0.05) is 19.3 Å². The van der Waals surface area contributed by atoms with E-state index in [1.807, 2.05) is 6.07 Å². The Hall–Kier alpha value is -2.01. The molecule has 0 unspecified atom stereocenters. The molecule has 0 fully saturated rings. The van der Waals surface area contributed by atoms with Gasteiger partial charge in [-0.25, -0.2) is 8.78 Å². The van der Waals surface area contributed by atoms with E-state index < -0.39 is 0 Å². The van der Waals surface area contributed by atoms with Crippen LogP contribution in [-0.2, 0) is 6.54 Å². The molecular weight excluding hydrogens is 290 g/mol. The molecule has 2 rings (SSSR count). The van der Waals surface area contributed by atoms with Crippen molar-refractivity contribution in [1.82, 2.24) is 4.90 Å². The molecule has 0 amide bonds. The van der Waals surface area contributed by atoms with E-state index in [1.54, 1.807) is 37.1 Å². The summed E-state index contributed by atoms with van der Waals surface area (Å²) < 4.78 is 26.6. The molecule has 0 bridgehead atoms. The molecule has 2 nitrogen and oxygen atoms in total. The van der Waals surface area contributed by atoms with Gasteiger partial charge in [-0.15, -0.1) is 0 Å². The molecule has 2 aromatic rings. The molecule has 0 radical (unpaired) electrons. The maximum Gasteiger partial charge on any atom is 0.173 e. The Bertz CT molecular complexity index is 658. The first-order valence-electron chi connectivity index (χ1n) is 6.48. The highest BCUT2D eigenvalue weighted by Crippen LogP contribution is 2.14. The number of hydrogen-bond donors (Lipinski definition) is 1. The summed E-state index contributed by atoms with van der Waals surface area (Å²) in [6.45, 7) is 2.17. The van der Waals surface area contributed by atoms with Gasteiger partial charge in [0.25, 0.3) is 0 Å². The molecule has 5 heteroatoms. The van der Waals surface area contributed by atoms with E-state index in [9.17, 15) is 8.78 Å². The van der Waals surface area contributed by atoms with Crippen LogP contribution in [0.1, 0.15) is 11.1 Å². The van der Waals surface area contributed by atoms with Crippen LogP contribution in [-0.4, -0.2) is 17.1 Å². The summed E-state index contributed by atoms with van der Waals surface area (Å²) in [5, 5.41) is 3.41. The van der Waals surface area contributed by atoms with Crippen LogP contribution in [0.5, 0.6) is 0 Å². The third kappa shape index (κ3) is 4.23. The molecule has 0 spiro atoms. The first-order valence-corrected chi connectivity index (χ1v) is 6.89. The van der Waals surface area contributed by atoms with Gasteiger partial charge in [-0.05, 0) is 54.5 Å². The second-order valence-corrected chi connectivity index (χ2v) is 5.27. The second kappa shape index (κ2) is 6.63. The lowest BCUT2D eigenvalue weighted by Gasteiger charge is -2.21. The van der Waals surface area contributed by atoms with Gasteiger partial charge in [-0.1, -0.05) is 18.2 Å². The van der Waals surface area contributed by atoms with Gasteiger partial charge in [0.05, 0.1) is 0 Å². The molecule has 0 saturated carbocycles. The van der Waals surface area contributed by atoms with Crippen molar-refractivity contribution in [3.05, 3.63) is 65.2 Å². The monoisotopic (exact) mass is 306 g/mol. The number of anilines is 1. The predicted octanol–water partition coefficient (Wildman–Crippen LogP) is 4.10. The SMILES string of the molecule is Cc1ccc(NC(=S)N(C)Cc2cccc(F)c2)cc1F. The van der Waals surface area contributed by atoms with Crippen LogP contribution >= 0.6 is 12.2 Å². The van der Waals surface area contributed by atoms with Crippen LogP contribution in [0.15, 0.2) is 42.5 Å². The van der Waals surface area contributed by atoms with Crippen molar-refractivity contribution in [2.75, 3.05) is 12.4 Å². The summed E-state index contributed by atoms with van der Waals surface area (Å²) in [6.07, 6.45) is 0. The Balaban J connectivity index is 2.00. The van der Waals surface area contributed by atoms with Crippen LogP contribution in [0.3, 0.4) is 0 Å². The molecule has 0 atom stereocenters. The highest BCUT2D eigenvalue weighted by atomic mass is 32.1. The van der Waals surface area contributed by atoms with E-state index in [4.69, 9.17) is 12.2 Å². The number of aryl methyl sites for hydroxylation is 1. The number of nitrogens with zero attached hydrogens (tertiary/aromatic N) is 1. The topological polar surface area (TPSA) is 15.3 Å². The summed E-state index contributed by atoms with van der Waals surface area (Å²) >= 11 is 5.27. The maximum atomic E-state index is 13.5. The van der Waals surface area contributed by atoms with Crippen molar-refractivity contribution in [2.24, 2.45) is 0 Å². The van der Waals surface area contributed by atoms with E-state index in [1.165, 1.54) is 18.2 Å². The Labute approximate surface area is 128 Å². The quantitative estimate of drug-likeness (QED) is 0.859. The molecule has 0 aromatic heterocycles. The van der Waals surface area contributed by atoms with Crippen molar-refractivity contribution in [3.8, 4) is 0 Å². The van der Waals surface area contributed by atoms with E-state index in [0.29, 0.717) is 22.9 Å². The van der Waals surface area contributed by atoms with Gasteiger partial charge in [-0.3, -0.25) is 0 Å². The number of benzene rings is 2. The third-order valence-corrected chi connectivity index (χ3v) is 3.49. The largest absolute Gasteiger partial charge is 0.348 e. The predicted molar refractivity (Wildman–Crippen MR) is 85.2 cm³/mol. The van der Waals surface area contributed by atoms with Crippen LogP contribution in [0.4, 0.5) is 14.5 Å². The molecular formula is C16H16F2N2S. The van der Waals surface area contributed by atoms with Gasteiger partial charge >= 0.3 is 0 Å². The zero-order valence-corrected chi connectivity index (χ0v) is 12.7. The van der Waals surface area contributed by atoms with E-state index in [2.05, 4.69) is 5.32 Å². The highest BCUT2D eigenvalue weighted by molar-refractivity contribution is 7.80. The average molecular weight is 306 g/mol. The second-order valence-electron chi connectivity index (χ2n) is 4.88. The molecule has 2 aromatic carbocycles. The number of nitrogens with one attached hydrogen (secondary N) is 1. The zero-order chi connectivity index (χ0) is 15.4. The van der Waals surface area contributed by atoms with Crippen molar-refractivity contribution < 1.29 is 8.78 Å². The van der Waals surface area contributed by atoms with Crippen molar-refractivity contribution in [3.63, 3.8) is 0 Å². The minimum Gasteiger partial charge on any atom is -0.348 e. The molecule has 0 heterocycles. The Kier molecular flexibility index (Phi) is 4.85. The molecule has 21 heavy (non-hydrogen) atoms. The lowest BCUT2D eigenvalue weighted by atomic mass is 10.2. The van der Waals surface area contributed by atoms with Crippen LogP contribution in [0.2, 0.25) is 0 Å². The van der Waals surface area contributed by atoms with Gasteiger partial charge in [-0.2, -0.15) is 0 Å². The van der Waals surface area contributed by atoms with Gasteiger partial charge in [0.2, 0.25) is 0 Å². The molecule has 0 aliphatic heterocycles. The summed E-state index contributed by atoms with van der Waals surface area (Å²) in [6, 6.07) is 11.2. The number of halogens is 2. The van der Waals surface area contributed by atoms with Crippen LogP contribution in [0, 0.1) is 18.6 Å². The highest BCUT2D eigenvalue weighted by Gasteiger charge is 2.07. The van der Waals surface area contributed by atoms with E-state index in [0.717, 1.165) is 5.56 Å². The van der Waals surface area contributed by atoms with Crippen molar-refractivity contribution in [1.29, 1.82) is 0 Å². The first kappa shape index (κ1) is 15.4. The number of hydrogen-bond acceptors (Lipinski definition) is 1. The van der Waals surface area contributed by atoms with Gasteiger partial charge in [0.1, 0.15) is 11.6 Å². The molecule has 0 aliphatic rings. The molecule has 110 valence electrons. The number of thiocarbonyl (C=S) groups is 1. The fourth-order valence-corrected chi connectivity index (χ4v) is 2.05. The Morgan fingerprint density at radius 2 is 1.95 bits per heavy atom. The van der Waals surface area contributed by atoms with Crippen LogP contribution in [0.25, 0.3) is 0 Å².